The standard InChI is InChI=1S/C16H24N4O2/c1-11(2)6-12(4-5-21)8-18-16(22)13-7-14-15(17-9-13)20(3)10-19-14/h7,9-12,21H,4-6,8H2,1-3H3,(H,18,22). The maximum absolute atomic E-state index is 12.2. The Morgan fingerprint density at radius 1 is 1.41 bits per heavy atom. The molecule has 2 N–H and O–H groups in total. The number of aliphatic hydroxyl groups is 1. The summed E-state index contributed by atoms with van der Waals surface area (Å²) in [6, 6.07) is 1.75. The Bertz CT molecular complexity index is 636. The summed E-state index contributed by atoms with van der Waals surface area (Å²) >= 11 is 0. The third kappa shape index (κ3) is 4.04. The first-order valence-electron chi connectivity index (χ1n) is 7.67. The number of nitrogens with one attached hydrogen (secondary N) is 1. The summed E-state index contributed by atoms with van der Waals surface area (Å²) in [5, 5.41) is 12.1. The Hall–Kier alpha value is -1.95. The molecule has 0 aliphatic heterocycles. The predicted octanol–water partition coefficient (Wildman–Crippen LogP) is 1.74. The molecule has 22 heavy (non-hydrogen) atoms. The summed E-state index contributed by atoms with van der Waals surface area (Å²) in [6.45, 7) is 5.00. The molecular weight excluding hydrogens is 280 g/mol. The van der Waals surface area contributed by atoms with Gasteiger partial charge in [0, 0.05) is 26.4 Å². The number of rotatable bonds is 7. The van der Waals surface area contributed by atoms with Gasteiger partial charge in [-0.1, -0.05) is 13.8 Å². The van der Waals surface area contributed by atoms with Crippen molar-refractivity contribution in [2.45, 2.75) is 26.7 Å². The van der Waals surface area contributed by atoms with E-state index in [0.717, 1.165) is 12.1 Å². The van der Waals surface area contributed by atoms with E-state index in [1.807, 2.05) is 11.6 Å². The lowest BCUT2D eigenvalue weighted by Gasteiger charge is -2.18. The number of amides is 1. The molecule has 2 aromatic rings. The van der Waals surface area contributed by atoms with Crippen LogP contribution in [-0.4, -0.2) is 38.7 Å². The third-order valence-corrected chi connectivity index (χ3v) is 3.71. The number of hydrogen-bond donors (Lipinski definition) is 2. The van der Waals surface area contributed by atoms with Crippen molar-refractivity contribution in [1.82, 2.24) is 19.9 Å². The first kappa shape index (κ1) is 16.4. The number of pyridine rings is 1. The summed E-state index contributed by atoms with van der Waals surface area (Å²) in [4.78, 5) is 20.7. The van der Waals surface area contributed by atoms with Gasteiger partial charge in [0.25, 0.3) is 5.91 Å². The van der Waals surface area contributed by atoms with Gasteiger partial charge in [-0.05, 0) is 30.7 Å². The van der Waals surface area contributed by atoms with Crippen molar-refractivity contribution in [2.75, 3.05) is 13.2 Å². The Morgan fingerprint density at radius 2 is 2.18 bits per heavy atom. The lowest BCUT2D eigenvalue weighted by molar-refractivity contribution is 0.0941. The van der Waals surface area contributed by atoms with Crippen molar-refractivity contribution < 1.29 is 9.90 Å². The summed E-state index contributed by atoms with van der Waals surface area (Å²) < 4.78 is 1.82. The maximum atomic E-state index is 12.2. The minimum absolute atomic E-state index is 0.147. The number of aliphatic hydroxyl groups excluding tert-OH is 1. The van der Waals surface area contributed by atoms with Crippen molar-refractivity contribution in [3.63, 3.8) is 0 Å². The molecule has 1 unspecified atom stereocenters. The highest BCUT2D eigenvalue weighted by atomic mass is 16.3. The molecule has 120 valence electrons. The van der Waals surface area contributed by atoms with Crippen LogP contribution in [0.3, 0.4) is 0 Å². The zero-order valence-corrected chi connectivity index (χ0v) is 13.4. The molecule has 0 saturated heterocycles. The molecule has 0 bridgehead atoms. The molecule has 2 heterocycles. The molecule has 0 saturated carbocycles. The van der Waals surface area contributed by atoms with Gasteiger partial charge < -0.3 is 15.0 Å². The fourth-order valence-corrected chi connectivity index (χ4v) is 2.63. The monoisotopic (exact) mass is 304 g/mol. The maximum Gasteiger partial charge on any atom is 0.252 e. The molecular formula is C16H24N4O2. The van der Waals surface area contributed by atoms with Crippen LogP contribution in [0.15, 0.2) is 18.6 Å². The molecule has 6 nitrogen and oxygen atoms in total. The highest BCUT2D eigenvalue weighted by Gasteiger charge is 2.14. The largest absolute Gasteiger partial charge is 0.396 e. The SMILES string of the molecule is CC(C)CC(CCO)CNC(=O)c1cnc2c(c1)ncn2C. The van der Waals surface area contributed by atoms with Gasteiger partial charge in [0.1, 0.15) is 5.52 Å². The van der Waals surface area contributed by atoms with Crippen LogP contribution < -0.4 is 5.32 Å². The van der Waals surface area contributed by atoms with Crippen LogP contribution in [0.2, 0.25) is 0 Å². The highest BCUT2D eigenvalue weighted by Crippen LogP contribution is 2.15. The number of fused-ring (bicyclic) bond motifs is 1. The predicted molar refractivity (Wildman–Crippen MR) is 85.5 cm³/mol. The van der Waals surface area contributed by atoms with Crippen LogP contribution >= 0.6 is 0 Å². The Labute approximate surface area is 130 Å². The quantitative estimate of drug-likeness (QED) is 0.816. The third-order valence-electron chi connectivity index (χ3n) is 3.71. The first-order valence-corrected chi connectivity index (χ1v) is 7.67. The molecule has 2 aromatic heterocycles. The average molecular weight is 304 g/mol. The van der Waals surface area contributed by atoms with Gasteiger partial charge in [-0.2, -0.15) is 0 Å². The highest BCUT2D eigenvalue weighted by molar-refractivity contribution is 5.96. The zero-order chi connectivity index (χ0) is 16.1. The van der Waals surface area contributed by atoms with Crippen LogP contribution in [0.4, 0.5) is 0 Å². The summed E-state index contributed by atoms with van der Waals surface area (Å²) in [5.74, 6) is 0.687. The number of hydrogen-bond acceptors (Lipinski definition) is 4. The molecule has 0 aliphatic carbocycles. The number of aryl methyl sites for hydroxylation is 1. The van der Waals surface area contributed by atoms with E-state index in [2.05, 4.69) is 29.1 Å². The molecule has 2 rings (SSSR count). The van der Waals surface area contributed by atoms with E-state index >= 15 is 0 Å². The second-order valence-corrected chi connectivity index (χ2v) is 6.14. The number of carbonyl (C=O) groups is 1. The van der Waals surface area contributed by atoms with Crippen LogP contribution in [0.25, 0.3) is 11.2 Å². The van der Waals surface area contributed by atoms with Crippen LogP contribution in [-0.2, 0) is 7.05 Å². The van der Waals surface area contributed by atoms with Crippen molar-refractivity contribution in [1.29, 1.82) is 0 Å². The van der Waals surface area contributed by atoms with Crippen LogP contribution in [0, 0.1) is 11.8 Å². The minimum Gasteiger partial charge on any atom is -0.396 e. The number of imidazole rings is 1. The fraction of sp³-hybridized carbons (Fsp3) is 0.562. The molecule has 0 aromatic carbocycles. The van der Waals surface area contributed by atoms with E-state index in [1.54, 1.807) is 18.6 Å². The molecule has 6 heteroatoms. The molecule has 1 atom stereocenters. The number of carbonyl (C=O) groups excluding carboxylic acids is 1. The Kier molecular flexibility index (Phi) is 5.49. The van der Waals surface area contributed by atoms with E-state index in [9.17, 15) is 4.79 Å². The lowest BCUT2D eigenvalue weighted by Crippen LogP contribution is -2.30. The molecule has 0 fully saturated rings. The van der Waals surface area contributed by atoms with Gasteiger partial charge in [0.2, 0.25) is 0 Å². The molecule has 1 amide bonds. The normalized spacial score (nSPS) is 12.8. The van der Waals surface area contributed by atoms with Crippen LogP contribution in [0.1, 0.15) is 37.0 Å². The van der Waals surface area contributed by atoms with Gasteiger partial charge in [0.05, 0.1) is 11.9 Å². The minimum atomic E-state index is -0.147. The second-order valence-electron chi connectivity index (χ2n) is 6.14. The van der Waals surface area contributed by atoms with Crippen molar-refractivity contribution in [3.8, 4) is 0 Å². The average Bonchev–Trinajstić information content (AvgIpc) is 2.85. The van der Waals surface area contributed by atoms with Crippen LogP contribution in [0.5, 0.6) is 0 Å². The van der Waals surface area contributed by atoms with E-state index < -0.39 is 0 Å². The van der Waals surface area contributed by atoms with Gasteiger partial charge in [-0.15, -0.1) is 0 Å². The fourth-order valence-electron chi connectivity index (χ4n) is 2.63. The van der Waals surface area contributed by atoms with Crippen molar-refractivity contribution in [3.05, 3.63) is 24.2 Å². The topological polar surface area (TPSA) is 80.0 Å². The Morgan fingerprint density at radius 3 is 2.86 bits per heavy atom. The Balaban J connectivity index is 2.00. The molecule has 0 radical (unpaired) electrons. The van der Waals surface area contributed by atoms with Crippen molar-refractivity contribution >= 4 is 17.1 Å². The summed E-state index contributed by atoms with van der Waals surface area (Å²) in [7, 11) is 1.87. The smallest absolute Gasteiger partial charge is 0.252 e. The van der Waals surface area contributed by atoms with E-state index in [0.29, 0.717) is 35.9 Å². The lowest BCUT2D eigenvalue weighted by atomic mass is 9.94. The summed E-state index contributed by atoms with van der Waals surface area (Å²) in [6.07, 6.45) is 4.94. The second kappa shape index (κ2) is 7.35. The van der Waals surface area contributed by atoms with E-state index in [-0.39, 0.29) is 12.5 Å². The van der Waals surface area contributed by atoms with Crippen molar-refractivity contribution in [2.24, 2.45) is 18.9 Å². The van der Waals surface area contributed by atoms with Gasteiger partial charge in [-0.25, -0.2) is 9.97 Å². The summed E-state index contributed by atoms with van der Waals surface area (Å²) in [5.41, 5.74) is 1.98. The first-order chi connectivity index (χ1) is 10.5. The zero-order valence-electron chi connectivity index (χ0n) is 13.4. The van der Waals surface area contributed by atoms with Gasteiger partial charge in [-0.3, -0.25) is 4.79 Å². The van der Waals surface area contributed by atoms with Gasteiger partial charge >= 0.3 is 0 Å². The molecule has 0 spiro atoms. The van der Waals surface area contributed by atoms with E-state index in [1.165, 1.54) is 0 Å². The van der Waals surface area contributed by atoms with E-state index in [4.69, 9.17) is 5.11 Å². The molecule has 0 aliphatic rings. The number of nitrogens with zero attached hydrogens (tertiary/aromatic N) is 3. The number of aromatic nitrogens is 3. The van der Waals surface area contributed by atoms with Gasteiger partial charge in [0.15, 0.2) is 5.65 Å².